The second-order valence-electron chi connectivity index (χ2n) is 10.8. The van der Waals surface area contributed by atoms with E-state index < -0.39 is 0 Å². The van der Waals surface area contributed by atoms with Crippen LogP contribution in [0.3, 0.4) is 0 Å². The summed E-state index contributed by atoms with van der Waals surface area (Å²) in [5.41, 5.74) is 5.72. The van der Waals surface area contributed by atoms with E-state index in [2.05, 4.69) is 125 Å². The lowest BCUT2D eigenvalue weighted by Gasteiger charge is -2.32. The van der Waals surface area contributed by atoms with Crippen molar-refractivity contribution in [2.45, 2.75) is 52.0 Å². The summed E-state index contributed by atoms with van der Waals surface area (Å²) in [6.07, 6.45) is 1.59. The maximum absolute atomic E-state index is 6.25. The third-order valence-electron chi connectivity index (χ3n) is 7.55. The molecule has 5 heteroatoms. The van der Waals surface area contributed by atoms with Gasteiger partial charge in [0.25, 0.3) is 0 Å². The summed E-state index contributed by atoms with van der Waals surface area (Å²) in [4.78, 5) is 5.19. The van der Waals surface area contributed by atoms with Crippen LogP contribution >= 0.6 is 0 Å². The number of hydrogen-bond acceptors (Lipinski definition) is 4. The van der Waals surface area contributed by atoms with Crippen LogP contribution in [0.25, 0.3) is 10.8 Å². The quantitative estimate of drug-likeness (QED) is 0.236. The number of allylic oxidation sites excluding steroid dienone is 1. The van der Waals surface area contributed by atoms with Crippen LogP contribution in [0.2, 0.25) is 0 Å². The Balaban J connectivity index is 0.000000937. The number of fused-ring (bicyclic) bond motifs is 3. The highest BCUT2D eigenvalue weighted by molar-refractivity contribution is 6.62. The summed E-state index contributed by atoms with van der Waals surface area (Å²) in [6, 6.07) is 31.7. The highest BCUT2D eigenvalue weighted by Crippen LogP contribution is 2.38. The molecule has 0 aliphatic carbocycles. The number of nitrogens with one attached hydrogen (secondary N) is 1. The van der Waals surface area contributed by atoms with Gasteiger partial charge in [0.2, 0.25) is 0 Å². The van der Waals surface area contributed by atoms with Crippen LogP contribution in [-0.4, -0.2) is 24.0 Å². The highest BCUT2D eigenvalue weighted by atomic mass is 16.7. The molecular formula is C33H35BN2O2. The molecule has 4 aromatic rings. The number of hydrogen-bond donors (Lipinski definition) is 1. The number of aliphatic imine (C=N–C) groups is 1. The predicted molar refractivity (Wildman–Crippen MR) is 160 cm³/mol. The lowest BCUT2D eigenvalue weighted by atomic mass is 9.78. The zero-order valence-corrected chi connectivity index (χ0v) is 22.9. The monoisotopic (exact) mass is 502 g/mol. The molecule has 2 aliphatic rings. The zero-order valence-electron chi connectivity index (χ0n) is 22.9. The van der Waals surface area contributed by atoms with Gasteiger partial charge in [-0.3, -0.25) is 4.99 Å². The maximum atomic E-state index is 6.25. The first kappa shape index (κ1) is 26.0. The van der Waals surface area contributed by atoms with Gasteiger partial charge in [-0.15, -0.1) is 6.58 Å². The van der Waals surface area contributed by atoms with Gasteiger partial charge in [-0.2, -0.15) is 0 Å². The lowest BCUT2D eigenvalue weighted by molar-refractivity contribution is 0.00578. The zero-order chi connectivity index (χ0) is 26.9. The molecule has 1 unspecified atom stereocenters. The Bertz CT molecular complexity index is 1460. The van der Waals surface area contributed by atoms with Crippen molar-refractivity contribution >= 4 is 34.8 Å². The van der Waals surface area contributed by atoms with Gasteiger partial charge >= 0.3 is 7.12 Å². The standard InChI is InChI=1S/C30H29BN2O2.C3H6/c1-29(2)30(3,4)35-31(34-29)23-17-14-21(15-18-23)26-25-19-16-20-10-8-9-13-24(20)27(25)33-28(32-26)22-11-6-5-7-12-22;1-3-2/h5-19,28,33H,1-4H3;3H,1H2,2H3. The minimum atomic E-state index is -0.377. The van der Waals surface area contributed by atoms with Crippen LogP contribution in [0.15, 0.2) is 109 Å². The van der Waals surface area contributed by atoms with Gasteiger partial charge in [0, 0.05) is 16.5 Å². The topological polar surface area (TPSA) is 42.8 Å². The first-order chi connectivity index (χ1) is 18.2. The molecule has 1 atom stereocenters. The Labute approximate surface area is 226 Å². The molecule has 0 radical (unpaired) electrons. The summed E-state index contributed by atoms with van der Waals surface area (Å²) < 4.78 is 12.5. The van der Waals surface area contributed by atoms with Crippen LogP contribution in [0.1, 0.15) is 57.5 Å². The van der Waals surface area contributed by atoms with Crippen LogP contribution in [0, 0.1) is 0 Å². The summed E-state index contributed by atoms with van der Waals surface area (Å²) in [6.45, 7) is 13.6. The van der Waals surface area contributed by atoms with Crippen molar-refractivity contribution < 1.29 is 9.31 Å². The average Bonchev–Trinajstić information content (AvgIpc) is 3.15. The van der Waals surface area contributed by atoms with Gasteiger partial charge in [-0.05, 0) is 51.0 Å². The molecule has 0 aromatic heterocycles. The van der Waals surface area contributed by atoms with Crippen molar-refractivity contribution in [1.29, 1.82) is 0 Å². The van der Waals surface area contributed by atoms with E-state index in [1.165, 1.54) is 10.8 Å². The van der Waals surface area contributed by atoms with Crippen LogP contribution in [0.4, 0.5) is 5.69 Å². The number of benzene rings is 4. The van der Waals surface area contributed by atoms with Crippen LogP contribution in [-0.2, 0) is 9.31 Å². The number of nitrogens with zero attached hydrogens (tertiary/aromatic N) is 1. The van der Waals surface area contributed by atoms with Crippen molar-refractivity contribution in [3.63, 3.8) is 0 Å². The molecule has 1 N–H and O–H groups in total. The molecule has 192 valence electrons. The summed E-state index contributed by atoms with van der Waals surface area (Å²) in [5, 5.41) is 6.11. The third kappa shape index (κ3) is 4.80. The highest BCUT2D eigenvalue weighted by Gasteiger charge is 2.51. The number of rotatable bonds is 3. The van der Waals surface area contributed by atoms with Gasteiger partial charge in [-0.25, -0.2) is 0 Å². The third-order valence-corrected chi connectivity index (χ3v) is 7.55. The van der Waals surface area contributed by atoms with E-state index in [4.69, 9.17) is 14.3 Å². The van der Waals surface area contributed by atoms with Crippen LogP contribution in [0.5, 0.6) is 0 Å². The van der Waals surface area contributed by atoms with E-state index >= 15 is 0 Å². The average molecular weight is 502 g/mol. The molecule has 2 heterocycles. The fourth-order valence-corrected chi connectivity index (χ4v) is 4.79. The van der Waals surface area contributed by atoms with Gasteiger partial charge < -0.3 is 14.6 Å². The first-order valence-corrected chi connectivity index (χ1v) is 13.2. The molecular weight excluding hydrogens is 467 g/mol. The van der Waals surface area contributed by atoms with E-state index in [0.29, 0.717) is 0 Å². The van der Waals surface area contributed by atoms with E-state index in [1.807, 2.05) is 13.0 Å². The number of anilines is 1. The van der Waals surface area contributed by atoms with Gasteiger partial charge in [0.15, 0.2) is 0 Å². The Morgan fingerprint density at radius 1 is 0.816 bits per heavy atom. The second kappa shape index (κ2) is 10.2. The first-order valence-electron chi connectivity index (χ1n) is 13.2. The molecule has 4 aromatic carbocycles. The molecule has 2 aliphatic heterocycles. The molecule has 0 spiro atoms. The van der Waals surface area contributed by atoms with E-state index in [9.17, 15) is 0 Å². The molecule has 4 nitrogen and oxygen atoms in total. The fraction of sp³-hybridized carbons (Fsp3) is 0.242. The smallest absolute Gasteiger partial charge is 0.399 e. The normalized spacial score (nSPS) is 19.0. The minimum absolute atomic E-state index is 0.160. The van der Waals surface area contributed by atoms with Gasteiger partial charge in [-0.1, -0.05) is 97.1 Å². The van der Waals surface area contributed by atoms with Crippen LogP contribution < -0.4 is 10.8 Å². The molecule has 0 saturated carbocycles. The molecule has 38 heavy (non-hydrogen) atoms. The Morgan fingerprint density at radius 2 is 1.42 bits per heavy atom. The maximum Gasteiger partial charge on any atom is 0.494 e. The molecule has 0 amide bonds. The van der Waals surface area contributed by atoms with Crippen molar-refractivity contribution in [3.8, 4) is 0 Å². The van der Waals surface area contributed by atoms with E-state index in [0.717, 1.165) is 33.6 Å². The molecule has 1 saturated heterocycles. The summed E-state index contributed by atoms with van der Waals surface area (Å²) in [7, 11) is -0.377. The molecule has 6 rings (SSSR count). The summed E-state index contributed by atoms with van der Waals surface area (Å²) >= 11 is 0. The Morgan fingerprint density at radius 3 is 2.08 bits per heavy atom. The SMILES string of the molecule is C=CC.CC1(C)OB(c2ccc(C3=NC(c4ccccc4)Nc4c3ccc3ccccc43)cc2)OC1(C)C. The lowest BCUT2D eigenvalue weighted by Crippen LogP contribution is -2.41. The summed E-state index contributed by atoms with van der Waals surface area (Å²) in [5.74, 6) is 0. The van der Waals surface area contributed by atoms with Crippen molar-refractivity contribution in [2.75, 3.05) is 5.32 Å². The van der Waals surface area contributed by atoms with E-state index in [-0.39, 0.29) is 24.5 Å². The second-order valence-corrected chi connectivity index (χ2v) is 10.8. The molecule has 1 fully saturated rings. The Kier molecular flexibility index (Phi) is 7.00. The largest absolute Gasteiger partial charge is 0.494 e. The van der Waals surface area contributed by atoms with E-state index in [1.54, 1.807) is 6.08 Å². The van der Waals surface area contributed by atoms with Gasteiger partial charge in [0.05, 0.1) is 22.6 Å². The van der Waals surface area contributed by atoms with Crippen molar-refractivity contribution in [2.24, 2.45) is 4.99 Å². The van der Waals surface area contributed by atoms with Crippen molar-refractivity contribution in [1.82, 2.24) is 0 Å². The predicted octanol–water partition coefficient (Wildman–Crippen LogP) is 7.29. The molecule has 0 bridgehead atoms. The van der Waals surface area contributed by atoms with Gasteiger partial charge in [0.1, 0.15) is 6.17 Å². The Hall–Kier alpha value is -3.67. The van der Waals surface area contributed by atoms with Crippen molar-refractivity contribution in [3.05, 3.63) is 120 Å². The fourth-order valence-electron chi connectivity index (χ4n) is 4.79. The minimum Gasteiger partial charge on any atom is -0.399 e.